The summed E-state index contributed by atoms with van der Waals surface area (Å²) in [6.45, 7) is 0. The highest BCUT2D eigenvalue weighted by atomic mass is 79.9. The van der Waals surface area contributed by atoms with Crippen LogP contribution in [0.3, 0.4) is 0 Å². The summed E-state index contributed by atoms with van der Waals surface area (Å²) in [5.74, 6) is 1.02. The Balaban J connectivity index is 1.76. The molecule has 0 atom stereocenters. The Hall–Kier alpha value is -3.30. The standard InChI is InChI=1S/C17H9Br2N7O3/c1-25-14-6-9(2-3-12(14)22-24-25)29-15-10(18)4-8(5-11(15)19)26-17(28)21-16(27)13(7-20)23-26/h2-6H,1H3,(H,21,27,28). The minimum Gasteiger partial charge on any atom is -0.455 e. The molecule has 2 aromatic heterocycles. The summed E-state index contributed by atoms with van der Waals surface area (Å²) in [5, 5.41) is 20.8. The van der Waals surface area contributed by atoms with Crippen LogP contribution in [0.15, 0.2) is 48.9 Å². The monoisotopic (exact) mass is 517 g/mol. The summed E-state index contributed by atoms with van der Waals surface area (Å²) in [4.78, 5) is 25.7. The van der Waals surface area contributed by atoms with Gasteiger partial charge in [0.1, 0.15) is 17.3 Å². The van der Waals surface area contributed by atoms with E-state index in [-0.39, 0.29) is 0 Å². The maximum atomic E-state index is 12.1. The summed E-state index contributed by atoms with van der Waals surface area (Å²) in [6, 6.07) is 10.2. The van der Waals surface area contributed by atoms with E-state index < -0.39 is 16.9 Å². The fourth-order valence-corrected chi connectivity index (χ4v) is 3.93. The average molecular weight is 519 g/mol. The lowest BCUT2D eigenvalue weighted by molar-refractivity contribution is 0.476. The third kappa shape index (κ3) is 3.45. The molecule has 0 fully saturated rings. The van der Waals surface area contributed by atoms with Crippen LogP contribution < -0.4 is 16.0 Å². The Morgan fingerprint density at radius 1 is 1.17 bits per heavy atom. The van der Waals surface area contributed by atoms with Crippen LogP contribution in [0.4, 0.5) is 0 Å². The highest BCUT2D eigenvalue weighted by Crippen LogP contribution is 2.38. The first-order valence-corrected chi connectivity index (χ1v) is 9.56. The molecule has 12 heteroatoms. The Bertz CT molecular complexity index is 1410. The average Bonchev–Trinajstić information content (AvgIpc) is 3.05. The van der Waals surface area contributed by atoms with Crippen LogP contribution in [0.25, 0.3) is 16.7 Å². The molecule has 10 nitrogen and oxygen atoms in total. The van der Waals surface area contributed by atoms with E-state index in [4.69, 9.17) is 10.00 Å². The van der Waals surface area contributed by atoms with Gasteiger partial charge in [0.15, 0.2) is 5.75 Å². The van der Waals surface area contributed by atoms with Crippen molar-refractivity contribution in [1.29, 1.82) is 5.26 Å². The zero-order valence-electron chi connectivity index (χ0n) is 14.6. The largest absolute Gasteiger partial charge is 0.455 e. The molecule has 0 aliphatic heterocycles. The molecule has 0 saturated heterocycles. The molecule has 0 saturated carbocycles. The fraction of sp³-hybridized carbons (Fsp3) is 0.0588. The fourth-order valence-electron chi connectivity index (χ4n) is 2.61. The first-order chi connectivity index (χ1) is 13.9. The second-order valence-electron chi connectivity index (χ2n) is 5.84. The summed E-state index contributed by atoms with van der Waals surface area (Å²) in [7, 11) is 1.78. The number of hydrogen-bond donors (Lipinski definition) is 1. The maximum absolute atomic E-state index is 12.1. The molecular formula is C17H9Br2N7O3. The smallest absolute Gasteiger partial charge is 0.349 e. The molecule has 0 aliphatic rings. The Morgan fingerprint density at radius 2 is 1.90 bits per heavy atom. The van der Waals surface area contributed by atoms with Crippen LogP contribution in [0.1, 0.15) is 5.69 Å². The van der Waals surface area contributed by atoms with Crippen molar-refractivity contribution >= 4 is 42.9 Å². The number of benzene rings is 2. The van der Waals surface area contributed by atoms with Crippen molar-refractivity contribution in [3.05, 3.63) is 65.8 Å². The second-order valence-corrected chi connectivity index (χ2v) is 7.54. The van der Waals surface area contributed by atoms with Crippen molar-refractivity contribution in [2.75, 3.05) is 0 Å². The van der Waals surface area contributed by atoms with E-state index >= 15 is 0 Å². The van der Waals surface area contributed by atoms with E-state index in [2.05, 4.69) is 52.3 Å². The molecule has 0 spiro atoms. The van der Waals surface area contributed by atoms with Gasteiger partial charge in [-0.2, -0.15) is 9.94 Å². The van der Waals surface area contributed by atoms with E-state index in [9.17, 15) is 9.59 Å². The summed E-state index contributed by atoms with van der Waals surface area (Å²) >= 11 is 6.84. The number of aromatic nitrogens is 6. The molecule has 2 aromatic carbocycles. The summed E-state index contributed by atoms with van der Waals surface area (Å²) in [6.07, 6.45) is 0. The molecule has 1 N–H and O–H groups in total. The lowest BCUT2D eigenvalue weighted by Gasteiger charge is -2.12. The molecule has 0 aliphatic carbocycles. The van der Waals surface area contributed by atoms with Gasteiger partial charge in [-0.15, -0.1) is 10.2 Å². The van der Waals surface area contributed by atoms with Gasteiger partial charge >= 0.3 is 5.69 Å². The highest BCUT2D eigenvalue weighted by Gasteiger charge is 2.15. The molecule has 0 bridgehead atoms. The molecule has 144 valence electrons. The van der Waals surface area contributed by atoms with Gasteiger partial charge in [0.2, 0.25) is 5.69 Å². The van der Waals surface area contributed by atoms with E-state index in [1.807, 2.05) is 0 Å². The van der Waals surface area contributed by atoms with Crippen molar-refractivity contribution in [1.82, 2.24) is 29.8 Å². The maximum Gasteiger partial charge on any atom is 0.349 e. The zero-order chi connectivity index (χ0) is 20.7. The van der Waals surface area contributed by atoms with Gasteiger partial charge < -0.3 is 4.74 Å². The molecule has 0 unspecified atom stereocenters. The minimum atomic E-state index is -0.841. The van der Waals surface area contributed by atoms with Gasteiger partial charge in [0, 0.05) is 13.1 Å². The van der Waals surface area contributed by atoms with Gasteiger partial charge in [0.05, 0.1) is 20.1 Å². The highest BCUT2D eigenvalue weighted by molar-refractivity contribution is 9.11. The third-order valence-electron chi connectivity index (χ3n) is 3.96. The molecular weight excluding hydrogens is 510 g/mol. The topological polar surface area (TPSA) is 131 Å². The molecule has 0 radical (unpaired) electrons. The number of H-pyrrole nitrogens is 1. The van der Waals surface area contributed by atoms with E-state index in [0.717, 1.165) is 15.7 Å². The quantitative estimate of drug-likeness (QED) is 0.440. The molecule has 29 heavy (non-hydrogen) atoms. The Morgan fingerprint density at radius 3 is 2.59 bits per heavy atom. The zero-order valence-corrected chi connectivity index (χ0v) is 17.7. The van der Waals surface area contributed by atoms with Gasteiger partial charge in [0.25, 0.3) is 5.56 Å². The number of rotatable bonds is 3. The predicted molar refractivity (Wildman–Crippen MR) is 109 cm³/mol. The van der Waals surface area contributed by atoms with Crippen LogP contribution in [0.5, 0.6) is 11.5 Å². The first-order valence-electron chi connectivity index (χ1n) is 7.98. The van der Waals surface area contributed by atoms with Gasteiger partial charge in [-0.3, -0.25) is 9.78 Å². The van der Waals surface area contributed by atoms with Crippen molar-refractivity contribution < 1.29 is 4.74 Å². The van der Waals surface area contributed by atoms with Crippen LogP contribution in [0, 0.1) is 11.3 Å². The van der Waals surface area contributed by atoms with E-state index in [1.165, 1.54) is 0 Å². The number of ether oxygens (including phenoxy) is 1. The van der Waals surface area contributed by atoms with Crippen LogP contribution in [-0.4, -0.2) is 29.8 Å². The molecule has 4 rings (SSSR count). The number of aryl methyl sites for hydroxylation is 1. The Kier molecular flexibility index (Phi) is 4.77. The third-order valence-corrected chi connectivity index (χ3v) is 5.14. The van der Waals surface area contributed by atoms with Crippen molar-refractivity contribution in [2.45, 2.75) is 0 Å². The summed E-state index contributed by atoms with van der Waals surface area (Å²) < 4.78 is 9.57. The predicted octanol–water partition coefficient (Wildman–Crippen LogP) is 2.39. The van der Waals surface area contributed by atoms with Crippen LogP contribution in [0.2, 0.25) is 0 Å². The van der Waals surface area contributed by atoms with Gasteiger partial charge in [-0.05, 0) is 56.1 Å². The lowest BCUT2D eigenvalue weighted by atomic mass is 10.2. The Labute approximate surface area is 178 Å². The van der Waals surface area contributed by atoms with Crippen molar-refractivity contribution in [3.63, 3.8) is 0 Å². The number of nitrogens with one attached hydrogen (secondary N) is 1. The first kappa shape index (κ1) is 19.0. The van der Waals surface area contributed by atoms with E-state index in [0.29, 0.717) is 26.1 Å². The van der Waals surface area contributed by atoms with Gasteiger partial charge in [-0.25, -0.2) is 9.48 Å². The van der Waals surface area contributed by atoms with Gasteiger partial charge in [-0.1, -0.05) is 5.21 Å². The number of aromatic amines is 1. The minimum absolute atomic E-state index is 0.320. The molecule has 2 heterocycles. The number of halogens is 2. The van der Waals surface area contributed by atoms with Crippen molar-refractivity contribution in [2.24, 2.45) is 7.05 Å². The number of hydrogen-bond acceptors (Lipinski definition) is 7. The number of fused-ring (bicyclic) bond motifs is 1. The molecule has 4 aromatic rings. The van der Waals surface area contributed by atoms with Crippen LogP contribution in [-0.2, 0) is 7.05 Å². The summed E-state index contributed by atoms with van der Waals surface area (Å²) in [5.41, 5.74) is -0.164. The van der Waals surface area contributed by atoms with Crippen molar-refractivity contribution in [3.8, 4) is 23.3 Å². The lowest BCUT2D eigenvalue weighted by Crippen LogP contribution is -2.33. The van der Waals surface area contributed by atoms with Crippen LogP contribution >= 0.6 is 31.9 Å². The molecule has 0 amide bonds. The second kappa shape index (κ2) is 7.26. The number of nitrogens with zero attached hydrogens (tertiary/aromatic N) is 6. The number of nitriles is 1. The normalized spacial score (nSPS) is 10.8. The van der Waals surface area contributed by atoms with E-state index in [1.54, 1.807) is 48.1 Å². The SMILES string of the molecule is Cn1nnc2ccc(Oc3c(Br)cc(-n4nc(C#N)c(=O)[nH]c4=O)cc3Br)cc21.